The summed E-state index contributed by atoms with van der Waals surface area (Å²) >= 11 is 0. The number of hydrogen-bond acceptors (Lipinski definition) is 1. The second-order valence-corrected chi connectivity index (χ2v) is 2.25. The molecule has 13 heavy (non-hydrogen) atoms. The van der Waals surface area contributed by atoms with Crippen molar-refractivity contribution in [3.05, 3.63) is 59.0 Å². The van der Waals surface area contributed by atoms with Gasteiger partial charge in [0.05, 0.1) is 0 Å². The van der Waals surface area contributed by atoms with E-state index in [1.165, 1.54) is 18.2 Å². The number of hydrogen-bond donors (Lipinski definition) is 2. The zero-order chi connectivity index (χ0) is 9.52. The number of pyridine rings is 1. The molecule has 4 heteroatoms. The lowest BCUT2D eigenvalue weighted by Gasteiger charge is -1.80. The number of aromatic nitrogens is 2. The molecule has 0 spiro atoms. The molecule has 2 aromatic heterocycles. The molecule has 0 atom stereocenters. The monoisotopic (exact) mass is 180 g/mol. The van der Waals surface area contributed by atoms with Crippen molar-refractivity contribution in [3.63, 3.8) is 0 Å². The highest BCUT2D eigenvalue weighted by atomic mass is 19.1. The van der Waals surface area contributed by atoms with E-state index in [1.54, 1.807) is 0 Å². The summed E-state index contributed by atoms with van der Waals surface area (Å²) < 4.78 is 11.9. The standard InChI is InChI=1S/C5H4FNO.C4H5N/c6-4-2-1-3-5(8)7-4;1-2-4-5-3-1/h1-3H,(H,7,8);1-5H. The van der Waals surface area contributed by atoms with Crippen LogP contribution in [0, 0.1) is 5.95 Å². The van der Waals surface area contributed by atoms with Gasteiger partial charge >= 0.3 is 0 Å². The van der Waals surface area contributed by atoms with Crippen LogP contribution in [0.5, 0.6) is 0 Å². The summed E-state index contributed by atoms with van der Waals surface area (Å²) in [6, 6.07) is 7.68. The molecule has 2 N–H and O–H groups in total. The fourth-order valence-electron chi connectivity index (χ4n) is 0.699. The Balaban J connectivity index is 0.000000145. The third-order valence-corrected chi connectivity index (χ3v) is 1.23. The van der Waals surface area contributed by atoms with E-state index in [0.717, 1.165) is 0 Å². The molecule has 2 heterocycles. The van der Waals surface area contributed by atoms with Crippen LogP contribution in [0.25, 0.3) is 0 Å². The van der Waals surface area contributed by atoms with Crippen molar-refractivity contribution in [2.24, 2.45) is 0 Å². The van der Waals surface area contributed by atoms with Crippen LogP contribution in [0.2, 0.25) is 0 Å². The molecule has 0 bridgehead atoms. The van der Waals surface area contributed by atoms with E-state index in [-0.39, 0.29) is 0 Å². The van der Waals surface area contributed by atoms with Crippen LogP contribution in [-0.2, 0) is 0 Å². The van der Waals surface area contributed by atoms with Crippen LogP contribution >= 0.6 is 0 Å². The van der Waals surface area contributed by atoms with Crippen molar-refractivity contribution in [1.82, 2.24) is 9.97 Å². The minimum absolute atomic E-state index is 0.412. The highest BCUT2D eigenvalue weighted by Gasteiger charge is 1.83. The van der Waals surface area contributed by atoms with Crippen molar-refractivity contribution in [2.75, 3.05) is 0 Å². The van der Waals surface area contributed by atoms with E-state index in [1.807, 2.05) is 29.5 Å². The van der Waals surface area contributed by atoms with Gasteiger partial charge in [0.25, 0.3) is 0 Å². The minimum Gasteiger partial charge on any atom is -0.368 e. The molecule has 0 saturated carbocycles. The average molecular weight is 180 g/mol. The maximum absolute atomic E-state index is 11.9. The Labute approximate surface area is 74.3 Å². The van der Waals surface area contributed by atoms with Gasteiger partial charge < -0.3 is 4.98 Å². The normalized spacial score (nSPS) is 8.69. The van der Waals surface area contributed by atoms with Gasteiger partial charge in [-0.2, -0.15) is 4.39 Å². The second kappa shape index (κ2) is 4.92. The lowest BCUT2D eigenvalue weighted by atomic mass is 10.5. The van der Waals surface area contributed by atoms with E-state index in [9.17, 15) is 9.18 Å². The summed E-state index contributed by atoms with van der Waals surface area (Å²) in [4.78, 5) is 15.0. The van der Waals surface area contributed by atoms with E-state index in [4.69, 9.17) is 0 Å². The zero-order valence-corrected chi connectivity index (χ0v) is 6.83. The van der Waals surface area contributed by atoms with Crippen molar-refractivity contribution < 1.29 is 4.39 Å². The molecular weight excluding hydrogens is 171 g/mol. The average Bonchev–Trinajstić information content (AvgIpc) is 2.59. The van der Waals surface area contributed by atoms with Gasteiger partial charge in [-0.05, 0) is 18.2 Å². The van der Waals surface area contributed by atoms with Gasteiger partial charge in [0.1, 0.15) is 0 Å². The molecule has 0 aliphatic carbocycles. The predicted octanol–water partition coefficient (Wildman–Crippen LogP) is 1.53. The van der Waals surface area contributed by atoms with Gasteiger partial charge in [-0.15, -0.1) is 0 Å². The quantitative estimate of drug-likeness (QED) is 0.593. The number of nitrogens with one attached hydrogen (secondary N) is 2. The summed E-state index contributed by atoms with van der Waals surface area (Å²) in [6.45, 7) is 0. The first-order chi connectivity index (χ1) is 6.29. The maximum Gasteiger partial charge on any atom is 0.250 e. The summed E-state index contributed by atoms with van der Waals surface area (Å²) in [5.41, 5.74) is -0.412. The van der Waals surface area contributed by atoms with Crippen LogP contribution in [0.4, 0.5) is 4.39 Å². The molecule has 0 unspecified atom stereocenters. The van der Waals surface area contributed by atoms with E-state index in [0.29, 0.717) is 0 Å². The van der Waals surface area contributed by atoms with Gasteiger partial charge in [-0.3, -0.25) is 9.78 Å². The lowest BCUT2D eigenvalue weighted by molar-refractivity contribution is 0.579. The third-order valence-electron chi connectivity index (χ3n) is 1.23. The Morgan fingerprint density at radius 3 is 2.08 bits per heavy atom. The van der Waals surface area contributed by atoms with Crippen LogP contribution in [0.1, 0.15) is 0 Å². The van der Waals surface area contributed by atoms with Crippen LogP contribution < -0.4 is 5.56 Å². The second-order valence-electron chi connectivity index (χ2n) is 2.25. The Hall–Kier alpha value is -1.84. The zero-order valence-electron chi connectivity index (χ0n) is 6.83. The van der Waals surface area contributed by atoms with Crippen molar-refractivity contribution in [2.45, 2.75) is 0 Å². The molecule has 0 aliphatic heterocycles. The van der Waals surface area contributed by atoms with E-state index >= 15 is 0 Å². The minimum atomic E-state index is -0.600. The van der Waals surface area contributed by atoms with Gasteiger partial charge in [0.15, 0.2) is 5.95 Å². The first-order valence-electron chi connectivity index (χ1n) is 3.71. The summed E-state index contributed by atoms with van der Waals surface area (Å²) in [5.74, 6) is -0.600. The molecule has 2 rings (SSSR count). The molecule has 0 amide bonds. The third kappa shape index (κ3) is 3.91. The summed E-state index contributed by atoms with van der Waals surface area (Å²) in [5, 5.41) is 0. The predicted molar refractivity (Wildman–Crippen MR) is 47.8 cm³/mol. The van der Waals surface area contributed by atoms with Crippen LogP contribution in [-0.4, -0.2) is 9.97 Å². The van der Waals surface area contributed by atoms with Crippen molar-refractivity contribution in [1.29, 1.82) is 0 Å². The number of rotatable bonds is 0. The molecule has 3 nitrogen and oxygen atoms in total. The van der Waals surface area contributed by atoms with Gasteiger partial charge in [0, 0.05) is 18.5 Å². The number of halogens is 1. The van der Waals surface area contributed by atoms with Gasteiger partial charge in [-0.25, -0.2) is 0 Å². The highest BCUT2D eigenvalue weighted by molar-refractivity contribution is 4.91. The fraction of sp³-hybridized carbons (Fsp3) is 0. The molecule has 0 fully saturated rings. The molecule has 0 radical (unpaired) electrons. The number of aromatic amines is 2. The molecule has 0 aliphatic rings. The van der Waals surface area contributed by atoms with Crippen LogP contribution in [0.3, 0.4) is 0 Å². The Bertz CT molecular complexity index is 363. The Morgan fingerprint density at radius 1 is 1.08 bits per heavy atom. The molecule has 0 saturated heterocycles. The van der Waals surface area contributed by atoms with Crippen molar-refractivity contribution >= 4 is 0 Å². The summed E-state index contributed by atoms with van der Waals surface area (Å²) in [7, 11) is 0. The topological polar surface area (TPSA) is 48.6 Å². The van der Waals surface area contributed by atoms with Gasteiger partial charge in [-0.1, -0.05) is 6.07 Å². The highest BCUT2D eigenvalue weighted by Crippen LogP contribution is 1.81. The van der Waals surface area contributed by atoms with Crippen molar-refractivity contribution in [3.8, 4) is 0 Å². The molecule has 2 aromatic rings. The summed E-state index contributed by atoms with van der Waals surface area (Å²) in [6.07, 6.45) is 3.75. The van der Waals surface area contributed by atoms with Crippen LogP contribution in [0.15, 0.2) is 47.5 Å². The maximum atomic E-state index is 11.9. The first kappa shape index (κ1) is 9.25. The van der Waals surface area contributed by atoms with Gasteiger partial charge in [0.2, 0.25) is 5.56 Å². The molecular formula is C9H9FN2O. The Morgan fingerprint density at radius 2 is 1.77 bits per heavy atom. The van der Waals surface area contributed by atoms with E-state index < -0.39 is 11.5 Å². The molecule has 68 valence electrons. The largest absolute Gasteiger partial charge is 0.368 e. The molecule has 0 aromatic carbocycles. The fourth-order valence-corrected chi connectivity index (χ4v) is 0.699. The number of H-pyrrole nitrogens is 2. The SMILES string of the molecule is O=c1cccc(F)[nH]1.c1cc[nH]c1. The smallest absolute Gasteiger partial charge is 0.250 e. The first-order valence-corrected chi connectivity index (χ1v) is 3.71. The lowest BCUT2D eigenvalue weighted by Crippen LogP contribution is -2.03. The Kier molecular flexibility index (Phi) is 3.50. The van der Waals surface area contributed by atoms with E-state index in [2.05, 4.69) is 4.98 Å².